The molecule has 0 spiro atoms. The molecule has 0 saturated carbocycles. The predicted molar refractivity (Wildman–Crippen MR) is 105 cm³/mol. The van der Waals surface area contributed by atoms with Crippen LogP contribution in [-0.2, 0) is 4.79 Å². The van der Waals surface area contributed by atoms with Gasteiger partial charge in [0.25, 0.3) is 5.91 Å². The van der Waals surface area contributed by atoms with E-state index in [0.29, 0.717) is 40.9 Å². The Morgan fingerprint density at radius 1 is 1.08 bits per heavy atom. The second-order valence-electron chi connectivity index (χ2n) is 6.28. The highest BCUT2D eigenvalue weighted by atomic mass is 35.5. The van der Waals surface area contributed by atoms with E-state index in [9.17, 15) is 9.59 Å². The maximum Gasteiger partial charge on any atom is 0.255 e. The van der Waals surface area contributed by atoms with Gasteiger partial charge in [-0.15, -0.1) is 0 Å². The van der Waals surface area contributed by atoms with Gasteiger partial charge < -0.3 is 15.4 Å². The summed E-state index contributed by atoms with van der Waals surface area (Å²) in [6.07, 6.45) is 0.371. The van der Waals surface area contributed by atoms with E-state index in [0.717, 1.165) is 5.75 Å². The molecule has 0 fully saturated rings. The summed E-state index contributed by atoms with van der Waals surface area (Å²) in [6.45, 7) is 6.53. The summed E-state index contributed by atoms with van der Waals surface area (Å²) in [5, 5.41) is 5.90. The first-order valence-electron chi connectivity index (χ1n) is 8.52. The number of anilines is 2. The van der Waals surface area contributed by atoms with Gasteiger partial charge in [0.2, 0.25) is 5.91 Å². The van der Waals surface area contributed by atoms with Crippen LogP contribution in [0.2, 0.25) is 5.02 Å². The summed E-state index contributed by atoms with van der Waals surface area (Å²) >= 11 is 6.15. The number of carbonyl (C=O) groups is 2. The lowest BCUT2D eigenvalue weighted by atomic mass is 10.2. The standard InChI is InChI=1S/C20H23ClN2O3/c1-4-19(24)22-15-7-10-17(21)18(11-15)23-20(25)14-5-8-16(9-6-14)26-12-13(2)3/h5-11,13H,4,12H2,1-3H3,(H,22,24)(H,23,25). The van der Waals surface area contributed by atoms with Crippen molar-refractivity contribution in [2.75, 3.05) is 17.2 Å². The van der Waals surface area contributed by atoms with Crippen molar-refractivity contribution < 1.29 is 14.3 Å². The molecule has 0 aliphatic rings. The zero-order valence-electron chi connectivity index (χ0n) is 15.1. The Labute approximate surface area is 158 Å². The molecule has 6 heteroatoms. The molecule has 138 valence electrons. The first-order valence-corrected chi connectivity index (χ1v) is 8.90. The molecule has 0 bridgehead atoms. The highest BCUT2D eigenvalue weighted by Gasteiger charge is 2.10. The average molecular weight is 375 g/mol. The summed E-state index contributed by atoms with van der Waals surface area (Å²) in [6, 6.07) is 11.9. The summed E-state index contributed by atoms with van der Waals surface area (Å²) in [7, 11) is 0. The Morgan fingerprint density at radius 2 is 1.77 bits per heavy atom. The molecule has 0 aromatic heterocycles. The quantitative estimate of drug-likeness (QED) is 0.718. The Kier molecular flexibility index (Phi) is 7.04. The van der Waals surface area contributed by atoms with E-state index in [-0.39, 0.29) is 11.8 Å². The largest absolute Gasteiger partial charge is 0.493 e. The molecule has 2 aromatic rings. The minimum Gasteiger partial charge on any atom is -0.493 e. The van der Waals surface area contributed by atoms with Crippen LogP contribution in [0.1, 0.15) is 37.6 Å². The van der Waals surface area contributed by atoms with Crippen LogP contribution in [-0.4, -0.2) is 18.4 Å². The first kappa shape index (κ1) is 19.8. The molecule has 2 aromatic carbocycles. The smallest absolute Gasteiger partial charge is 0.255 e. The maximum atomic E-state index is 12.4. The molecule has 2 amide bonds. The minimum atomic E-state index is -0.290. The highest BCUT2D eigenvalue weighted by molar-refractivity contribution is 6.34. The van der Waals surface area contributed by atoms with Crippen LogP contribution in [0, 0.1) is 5.92 Å². The van der Waals surface area contributed by atoms with Crippen LogP contribution >= 0.6 is 11.6 Å². The fraction of sp³-hybridized carbons (Fsp3) is 0.300. The normalized spacial score (nSPS) is 10.5. The third-order valence-corrected chi connectivity index (χ3v) is 3.85. The van der Waals surface area contributed by atoms with Crippen LogP contribution in [0.5, 0.6) is 5.75 Å². The van der Waals surface area contributed by atoms with E-state index in [1.165, 1.54) is 0 Å². The molecule has 0 heterocycles. The van der Waals surface area contributed by atoms with Gasteiger partial charge in [-0.1, -0.05) is 32.4 Å². The summed E-state index contributed by atoms with van der Waals surface area (Å²) < 4.78 is 5.61. The van der Waals surface area contributed by atoms with Crippen LogP contribution in [0.25, 0.3) is 0 Å². The number of nitrogens with one attached hydrogen (secondary N) is 2. The van der Waals surface area contributed by atoms with Gasteiger partial charge in [-0.3, -0.25) is 9.59 Å². The number of rotatable bonds is 7. The van der Waals surface area contributed by atoms with Crippen molar-refractivity contribution in [3.8, 4) is 5.75 Å². The molecule has 26 heavy (non-hydrogen) atoms. The molecule has 0 radical (unpaired) electrons. The third-order valence-electron chi connectivity index (χ3n) is 3.52. The lowest BCUT2D eigenvalue weighted by Crippen LogP contribution is -2.13. The Balaban J connectivity index is 2.06. The number of hydrogen-bond donors (Lipinski definition) is 2. The highest BCUT2D eigenvalue weighted by Crippen LogP contribution is 2.26. The predicted octanol–water partition coefficient (Wildman–Crippen LogP) is 4.98. The number of ether oxygens (including phenoxy) is 1. The lowest BCUT2D eigenvalue weighted by Gasteiger charge is -2.11. The van der Waals surface area contributed by atoms with E-state index in [2.05, 4.69) is 24.5 Å². The van der Waals surface area contributed by atoms with Gasteiger partial charge in [-0.05, 0) is 48.4 Å². The molecule has 5 nitrogen and oxygen atoms in total. The van der Waals surface area contributed by atoms with Gasteiger partial charge in [0.1, 0.15) is 5.75 Å². The summed E-state index contributed by atoms with van der Waals surface area (Å²) in [5.41, 5.74) is 1.50. The van der Waals surface area contributed by atoms with Gasteiger partial charge >= 0.3 is 0 Å². The number of hydrogen-bond acceptors (Lipinski definition) is 3. The van der Waals surface area contributed by atoms with Gasteiger partial charge in [-0.2, -0.15) is 0 Å². The molecule has 0 atom stereocenters. The molecule has 0 unspecified atom stereocenters. The number of carbonyl (C=O) groups excluding carboxylic acids is 2. The minimum absolute atomic E-state index is 0.110. The van der Waals surface area contributed by atoms with Crippen LogP contribution in [0.4, 0.5) is 11.4 Å². The van der Waals surface area contributed by atoms with Crippen LogP contribution in [0.15, 0.2) is 42.5 Å². The molecule has 0 aliphatic heterocycles. The van der Waals surface area contributed by atoms with Crippen LogP contribution < -0.4 is 15.4 Å². The third kappa shape index (κ3) is 5.77. The topological polar surface area (TPSA) is 67.4 Å². The second kappa shape index (κ2) is 9.25. The Hall–Kier alpha value is -2.53. The Bertz CT molecular complexity index is 773. The Morgan fingerprint density at radius 3 is 2.38 bits per heavy atom. The zero-order valence-corrected chi connectivity index (χ0v) is 15.9. The van der Waals surface area contributed by atoms with Crippen molar-refractivity contribution >= 4 is 34.8 Å². The first-order chi connectivity index (χ1) is 12.4. The maximum absolute atomic E-state index is 12.4. The van der Waals surface area contributed by atoms with E-state index in [1.54, 1.807) is 49.4 Å². The van der Waals surface area contributed by atoms with Crippen molar-refractivity contribution in [3.05, 3.63) is 53.1 Å². The van der Waals surface area contributed by atoms with Crippen molar-refractivity contribution in [2.45, 2.75) is 27.2 Å². The average Bonchev–Trinajstić information content (AvgIpc) is 2.63. The van der Waals surface area contributed by atoms with Gasteiger partial charge in [0.05, 0.1) is 17.3 Å². The number of halogens is 1. The van der Waals surface area contributed by atoms with Crippen molar-refractivity contribution in [1.82, 2.24) is 0 Å². The number of benzene rings is 2. The monoisotopic (exact) mass is 374 g/mol. The molecule has 2 N–H and O–H groups in total. The van der Waals surface area contributed by atoms with E-state index in [1.807, 2.05) is 0 Å². The SMILES string of the molecule is CCC(=O)Nc1ccc(Cl)c(NC(=O)c2ccc(OCC(C)C)cc2)c1. The number of amides is 2. The van der Waals surface area contributed by atoms with Gasteiger partial charge in [0, 0.05) is 17.7 Å². The fourth-order valence-electron chi connectivity index (χ4n) is 2.11. The van der Waals surface area contributed by atoms with Gasteiger partial charge in [-0.25, -0.2) is 0 Å². The molecule has 0 aliphatic carbocycles. The summed E-state index contributed by atoms with van der Waals surface area (Å²) in [4.78, 5) is 23.9. The van der Waals surface area contributed by atoms with E-state index < -0.39 is 0 Å². The van der Waals surface area contributed by atoms with Crippen LogP contribution in [0.3, 0.4) is 0 Å². The molecular formula is C20H23ClN2O3. The molecular weight excluding hydrogens is 352 g/mol. The second-order valence-corrected chi connectivity index (χ2v) is 6.69. The molecule has 2 rings (SSSR count). The van der Waals surface area contributed by atoms with Crippen molar-refractivity contribution in [2.24, 2.45) is 5.92 Å². The van der Waals surface area contributed by atoms with Crippen molar-refractivity contribution in [3.63, 3.8) is 0 Å². The van der Waals surface area contributed by atoms with Gasteiger partial charge in [0.15, 0.2) is 0 Å². The van der Waals surface area contributed by atoms with Crippen molar-refractivity contribution in [1.29, 1.82) is 0 Å². The zero-order chi connectivity index (χ0) is 19.1. The lowest BCUT2D eigenvalue weighted by molar-refractivity contribution is -0.115. The fourth-order valence-corrected chi connectivity index (χ4v) is 2.27. The van der Waals surface area contributed by atoms with E-state index >= 15 is 0 Å². The van der Waals surface area contributed by atoms with E-state index in [4.69, 9.17) is 16.3 Å². The summed E-state index contributed by atoms with van der Waals surface area (Å²) in [5.74, 6) is 0.751. The molecule has 0 saturated heterocycles.